The fourth-order valence-electron chi connectivity index (χ4n) is 2.56. The van der Waals surface area contributed by atoms with Crippen LogP contribution in [0, 0.1) is 0 Å². The smallest absolute Gasteiger partial charge is 0.258 e. The molecule has 0 spiro atoms. The Kier molecular flexibility index (Phi) is 5.22. The van der Waals surface area contributed by atoms with Gasteiger partial charge in [0.25, 0.3) is 5.56 Å². The van der Waals surface area contributed by atoms with E-state index in [1.54, 1.807) is 18.2 Å². The summed E-state index contributed by atoms with van der Waals surface area (Å²) >= 11 is 5.90. The van der Waals surface area contributed by atoms with Crippen molar-refractivity contribution in [2.24, 2.45) is 5.73 Å². The Morgan fingerprint density at radius 2 is 2.10 bits per heavy atom. The van der Waals surface area contributed by atoms with E-state index in [4.69, 9.17) is 17.3 Å². The minimum absolute atomic E-state index is 0. The minimum Gasteiger partial charge on any atom is -0.328 e. The van der Waals surface area contributed by atoms with E-state index in [0.29, 0.717) is 34.3 Å². The first kappa shape index (κ1) is 16.2. The van der Waals surface area contributed by atoms with Crippen molar-refractivity contribution >= 4 is 34.9 Å². The number of H-pyrrole nitrogens is 1. The summed E-state index contributed by atoms with van der Waals surface area (Å²) in [4.78, 5) is 21.7. The van der Waals surface area contributed by atoms with Crippen molar-refractivity contribution in [3.63, 3.8) is 0 Å². The first-order valence-corrected chi connectivity index (χ1v) is 7.16. The topological polar surface area (TPSA) is 75.0 Å². The van der Waals surface area contributed by atoms with E-state index in [1.165, 1.54) is 0 Å². The molecule has 0 atom stereocenters. The molecular formula is C14H18Cl2N4O. The van der Waals surface area contributed by atoms with E-state index < -0.39 is 0 Å². The molecule has 114 valence electrons. The van der Waals surface area contributed by atoms with Gasteiger partial charge in [-0.25, -0.2) is 4.98 Å². The van der Waals surface area contributed by atoms with E-state index in [2.05, 4.69) is 14.9 Å². The Morgan fingerprint density at radius 1 is 1.38 bits per heavy atom. The highest BCUT2D eigenvalue weighted by Gasteiger charge is 2.17. The average molecular weight is 329 g/mol. The summed E-state index contributed by atoms with van der Waals surface area (Å²) in [7, 11) is 0. The van der Waals surface area contributed by atoms with Crippen LogP contribution in [0.3, 0.4) is 0 Å². The molecule has 3 N–H and O–H groups in total. The average Bonchev–Trinajstić information content (AvgIpc) is 2.42. The van der Waals surface area contributed by atoms with E-state index in [-0.39, 0.29) is 18.0 Å². The van der Waals surface area contributed by atoms with Gasteiger partial charge < -0.3 is 10.7 Å². The second-order valence-electron chi connectivity index (χ2n) is 5.29. The zero-order valence-corrected chi connectivity index (χ0v) is 13.1. The number of piperidine rings is 1. The minimum atomic E-state index is -0.138. The van der Waals surface area contributed by atoms with Gasteiger partial charge in [-0.2, -0.15) is 0 Å². The fraction of sp³-hybridized carbons (Fsp3) is 0.429. The van der Waals surface area contributed by atoms with E-state index in [1.807, 2.05) is 0 Å². The summed E-state index contributed by atoms with van der Waals surface area (Å²) < 4.78 is 0. The lowest BCUT2D eigenvalue weighted by Crippen LogP contribution is -2.39. The van der Waals surface area contributed by atoms with Gasteiger partial charge >= 0.3 is 0 Å². The molecule has 2 heterocycles. The third kappa shape index (κ3) is 3.74. The van der Waals surface area contributed by atoms with Crippen LogP contribution >= 0.6 is 24.0 Å². The van der Waals surface area contributed by atoms with Gasteiger partial charge in [-0.1, -0.05) is 11.6 Å². The van der Waals surface area contributed by atoms with E-state index in [9.17, 15) is 4.79 Å². The zero-order valence-electron chi connectivity index (χ0n) is 11.5. The molecule has 1 aliphatic heterocycles. The SMILES string of the molecule is Cl.NC1CCN(Cc2nc3ccc(Cl)cc3c(=O)[nH]2)CC1. The Hall–Kier alpha value is -1.14. The summed E-state index contributed by atoms with van der Waals surface area (Å²) in [5.74, 6) is 0.695. The second kappa shape index (κ2) is 6.75. The predicted molar refractivity (Wildman–Crippen MR) is 87.1 cm³/mol. The van der Waals surface area contributed by atoms with Gasteiger partial charge in [-0.05, 0) is 31.0 Å². The molecule has 0 radical (unpaired) electrons. The van der Waals surface area contributed by atoms with Crippen LogP contribution in [0.25, 0.3) is 10.9 Å². The number of hydrogen-bond acceptors (Lipinski definition) is 4. The van der Waals surface area contributed by atoms with Gasteiger partial charge in [0.15, 0.2) is 0 Å². The molecular weight excluding hydrogens is 311 g/mol. The summed E-state index contributed by atoms with van der Waals surface area (Å²) in [6.07, 6.45) is 1.99. The number of nitrogens with two attached hydrogens (primary N) is 1. The molecule has 0 unspecified atom stereocenters. The lowest BCUT2D eigenvalue weighted by molar-refractivity contribution is 0.201. The molecule has 1 aromatic heterocycles. The molecule has 1 aliphatic rings. The molecule has 1 fully saturated rings. The molecule has 0 saturated carbocycles. The Bertz CT molecular complexity index is 680. The lowest BCUT2D eigenvalue weighted by Gasteiger charge is -2.29. The number of hydrogen-bond donors (Lipinski definition) is 2. The Balaban J connectivity index is 0.00000161. The fourth-order valence-corrected chi connectivity index (χ4v) is 2.73. The largest absolute Gasteiger partial charge is 0.328 e. The third-order valence-electron chi connectivity index (χ3n) is 3.72. The van der Waals surface area contributed by atoms with Gasteiger partial charge in [-0.15, -0.1) is 12.4 Å². The molecule has 2 aromatic rings. The maximum Gasteiger partial charge on any atom is 0.258 e. The number of halogens is 2. The maximum absolute atomic E-state index is 12.1. The summed E-state index contributed by atoms with van der Waals surface area (Å²) in [5, 5.41) is 1.07. The molecule has 7 heteroatoms. The summed E-state index contributed by atoms with van der Waals surface area (Å²) in [6.45, 7) is 2.55. The van der Waals surface area contributed by atoms with Gasteiger partial charge in [0.2, 0.25) is 0 Å². The molecule has 0 aliphatic carbocycles. The van der Waals surface area contributed by atoms with Crippen molar-refractivity contribution in [3.05, 3.63) is 39.4 Å². The number of aromatic nitrogens is 2. The van der Waals surface area contributed by atoms with Crippen molar-refractivity contribution in [1.29, 1.82) is 0 Å². The van der Waals surface area contributed by atoms with Gasteiger partial charge in [-0.3, -0.25) is 9.69 Å². The van der Waals surface area contributed by atoms with Crippen molar-refractivity contribution < 1.29 is 0 Å². The third-order valence-corrected chi connectivity index (χ3v) is 3.96. The summed E-state index contributed by atoms with van der Waals surface area (Å²) in [5.41, 5.74) is 6.43. The number of nitrogens with zero attached hydrogens (tertiary/aromatic N) is 2. The monoisotopic (exact) mass is 328 g/mol. The summed E-state index contributed by atoms with van der Waals surface area (Å²) in [6, 6.07) is 5.48. The zero-order chi connectivity index (χ0) is 14.1. The van der Waals surface area contributed by atoms with Crippen molar-refractivity contribution in [3.8, 4) is 0 Å². The number of aromatic amines is 1. The normalized spacial score (nSPS) is 16.9. The molecule has 5 nitrogen and oxygen atoms in total. The quantitative estimate of drug-likeness (QED) is 0.883. The number of rotatable bonds is 2. The molecule has 0 bridgehead atoms. The van der Waals surface area contributed by atoms with E-state index in [0.717, 1.165) is 25.9 Å². The highest BCUT2D eigenvalue weighted by molar-refractivity contribution is 6.31. The highest BCUT2D eigenvalue weighted by Crippen LogP contribution is 2.15. The van der Waals surface area contributed by atoms with Crippen LogP contribution in [0.2, 0.25) is 5.02 Å². The molecule has 1 aromatic carbocycles. The predicted octanol–water partition coefficient (Wildman–Crippen LogP) is 1.92. The number of likely N-dealkylation sites (tertiary alicyclic amines) is 1. The van der Waals surface area contributed by atoms with Crippen LogP contribution in [0.4, 0.5) is 0 Å². The van der Waals surface area contributed by atoms with Crippen LogP contribution < -0.4 is 11.3 Å². The highest BCUT2D eigenvalue weighted by atomic mass is 35.5. The van der Waals surface area contributed by atoms with Crippen molar-refractivity contribution in [2.45, 2.75) is 25.4 Å². The number of benzene rings is 1. The second-order valence-corrected chi connectivity index (χ2v) is 5.72. The molecule has 21 heavy (non-hydrogen) atoms. The van der Waals surface area contributed by atoms with E-state index >= 15 is 0 Å². The Labute approximate surface area is 133 Å². The van der Waals surface area contributed by atoms with Crippen LogP contribution in [-0.4, -0.2) is 34.0 Å². The molecule has 3 rings (SSSR count). The first-order chi connectivity index (χ1) is 9.61. The Morgan fingerprint density at radius 3 is 2.81 bits per heavy atom. The van der Waals surface area contributed by atoms with Crippen molar-refractivity contribution in [2.75, 3.05) is 13.1 Å². The number of fused-ring (bicyclic) bond motifs is 1. The van der Waals surface area contributed by atoms with Crippen molar-refractivity contribution in [1.82, 2.24) is 14.9 Å². The molecule has 1 saturated heterocycles. The van der Waals surface area contributed by atoms with Gasteiger partial charge in [0.1, 0.15) is 5.82 Å². The lowest BCUT2D eigenvalue weighted by atomic mass is 10.1. The maximum atomic E-state index is 12.1. The van der Waals surface area contributed by atoms with Crippen LogP contribution in [0.15, 0.2) is 23.0 Å². The standard InChI is InChI=1S/C14H17ClN4O.ClH/c15-9-1-2-12-11(7-9)14(20)18-13(17-12)8-19-5-3-10(16)4-6-19;/h1-2,7,10H,3-6,8,16H2,(H,17,18,20);1H. The van der Waals surface area contributed by atoms with Crippen LogP contribution in [0.1, 0.15) is 18.7 Å². The van der Waals surface area contributed by atoms with Crippen LogP contribution in [-0.2, 0) is 6.54 Å². The first-order valence-electron chi connectivity index (χ1n) is 6.78. The molecule has 0 amide bonds. The van der Waals surface area contributed by atoms with Gasteiger partial charge in [0, 0.05) is 24.2 Å². The number of nitrogens with one attached hydrogen (secondary N) is 1. The van der Waals surface area contributed by atoms with Crippen LogP contribution in [0.5, 0.6) is 0 Å². The van der Waals surface area contributed by atoms with Gasteiger partial charge in [0.05, 0.1) is 17.4 Å².